The summed E-state index contributed by atoms with van der Waals surface area (Å²) in [6.45, 7) is 0.0439. The molecular weight excluding hydrogens is 443 g/mol. The highest BCUT2D eigenvalue weighted by atomic mass is 35.5. The maximum absolute atomic E-state index is 12.8. The first-order valence-electron chi connectivity index (χ1n) is 8.19. The Morgan fingerprint density at radius 3 is 2.57 bits per heavy atom. The van der Waals surface area contributed by atoms with E-state index in [4.69, 9.17) is 16.3 Å². The molecule has 0 aliphatic heterocycles. The number of nitrogens with one attached hydrogen (secondary N) is 1. The van der Waals surface area contributed by atoms with Crippen LogP contribution in [-0.4, -0.2) is 33.6 Å². The van der Waals surface area contributed by atoms with E-state index in [0.717, 1.165) is 22.9 Å². The zero-order valence-corrected chi connectivity index (χ0v) is 15.9. The van der Waals surface area contributed by atoms with Crippen LogP contribution in [0.5, 0.6) is 5.75 Å². The average molecular weight is 457 g/mol. The van der Waals surface area contributed by atoms with Gasteiger partial charge in [-0.05, 0) is 6.92 Å². The first kappa shape index (κ1) is 23.3. The number of nitrogens with zero attached hydrogens (tertiary/aromatic N) is 3. The van der Waals surface area contributed by atoms with E-state index in [2.05, 4.69) is 10.4 Å². The number of aromatic nitrogens is 2. The molecule has 0 saturated carbocycles. The molecule has 30 heavy (non-hydrogen) atoms. The Kier molecular flexibility index (Phi) is 7.18. The lowest BCUT2D eigenvalue weighted by Crippen LogP contribution is -2.16. The number of carbonyl (C=O) groups excluding carboxylic acids is 1. The van der Waals surface area contributed by atoms with Crippen molar-refractivity contribution in [2.24, 2.45) is 0 Å². The van der Waals surface area contributed by atoms with Gasteiger partial charge in [-0.15, -0.1) is 0 Å². The first-order chi connectivity index (χ1) is 13.9. The maximum Gasteiger partial charge on any atom is 0.436 e. The number of nitro groups is 1. The number of nitro benzene ring substituents is 1. The minimum absolute atomic E-state index is 0.00910. The van der Waals surface area contributed by atoms with Gasteiger partial charge in [-0.3, -0.25) is 19.6 Å². The molecule has 0 spiro atoms. The lowest BCUT2D eigenvalue weighted by Gasteiger charge is -2.10. The van der Waals surface area contributed by atoms with Crippen molar-refractivity contribution in [3.8, 4) is 5.75 Å². The van der Waals surface area contributed by atoms with E-state index >= 15 is 0 Å². The Labute approximate surface area is 170 Å². The zero-order valence-electron chi connectivity index (χ0n) is 15.2. The molecule has 1 aromatic carbocycles. The Morgan fingerprint density at radius 1 is 1.37 bits per heavy atom. The standard InChI is InChI=1S/C16H14ClF5N4O4/c1-8-14(17)15(16(20,21)22)24-25(8)3-2-13(27)23-9-4-10(26(28)29)6-11(5-9)30-7-12(18)19/h4-6,12H,2-3,7H2,1H3,(H,23,27). The summed E-state index contributed by atoms with van der Waals surface area (Å²) in [6.07, 6.45) is -7.91. The van der Waals surface area contributed by atoms with Gasteiger partial charge in [0.2, 0.25) is 5.91 Å². The smallest absolute Gasteiger partial charge is 0.436 e. The fourth-order valence-corrected chi connectivity index (χ4v) is 2.60. The minimum Gasteiger partial charge on any atom is -0.487 e. The monoisotopic (exact) mass is 456 g/mol. The molecular formula is C16H14ClF5N4O4. The molecule has 0 atom stereocenters. The van der Waals surface area contributed by atoms with Crippen molar-refractivity contribution >= 4 is 28.9 Å². The molecule has 1 heterocycles. The summed E-state index contributed by atoms with van der Waals surface area (Å²) in [4.78, 5) is 22.3. The molecule has 0 aliphatic carbocycles. The number of aryl methyl sites for hydroxylation is 1. The van der Waals surface area contributed by atoms with Gasteiger partial charge < -0.3 is 10.1 Å². The Balaban J connectivity index is 2.10. The van der Waals surface area contributed by atoms with Gasteiger partial charge in [-0.25, -0.2) is 8.78 Å². The molecule has 2 aromatic rings. The second-order valence-electron chi connectivity index (χ2n) is 5.94. The van der Waals surface area contributed by atoms with E-state index in [1.165, 1.54) is 6.92 Å². The quantitative estimate of drug-likeness (QED) is 0.359. The first-order valence-corrected chi connectivity index (χ1v) is 8.56. The molecule has 1 N–H and O–H groups in total. The van der Waals surface area contributed by atoms with Crippen molar-refractivity contribution in [2.45, 2.75) is 32.5 Å². The number of rotatable bonds is 8. The van der Waals surface area contributed by atoms with Crippen molar-refractivity contribution in [3.05, 3.63) is 44.7 Å². The number of benzene rings is 1. The van der Waals surface area contributed by atoms with Crippen molar-refractivity contribution in [2.75, 3.05) is 11.9 Å². The van der Waals surface area contributed by atoms with Crippen molar-refractivity contribution in [3.63, 3.8) is 0 Å². The lowest BCUT2D eigenvalue weighted by atomic mass is 10.2. The van der Waals surface area contributed by atoms with Gasteiger partial charge in [0.25, 0.3) is 12.1 Å². The van der Waals surface area contributed by atoms with Gasteiger partial charge in [0.15, 0.2) is 5.69 Å². The predicted octanol–water partition coefficient (Wildman–Crippen LogP) is 4.44. The van der Waals surface area contributed by atoms with Crippen LogP contribution < -0.4 is 10.1 Å². The highest BCUT2D eigenvalue weighted by molar-refractivity contribution is 6.31. The van der Waals surface area contributed by atoms with Crippen LogP contribution in [0.15, 0.2) is 18.2 Å². The number of ether oxygens (including phenoxy) is 1. The van der Waals surface area contributed by atoms with E-state index in [1.807, 2.05) is 0 Å². The van der Waals surface area contributed by atoms with Crippen LogP contribution in [-0.2, 0) is 17.5 Å². The summed E-state index contributed by atoms with van der Waals surface area (Å²) < 4.78 is 68.7. The van der Waals surface area contributed by atoms with E-state index in [9.17, 15) is 36.9 Å². The van der Waals surface area contributed by atoms with Gasteiger partial charge in [-0.2, -0.15) is 18.3 Å². The number of amides is 1. The van der Waals surface area contributed by atoms with Crippen molar-refractivity contribution in [1.29, 1.82) is 0 Å². The highest BCUT2D eigenvalue weighted by Crippen LogP contribution is 2.35. The molecule has 0 unspecified atom stereocenters. The number of non-ortho nitro benzene ring substituents is 1. The van der Waals surface area contributed by atoms with Crippen LogP contribution in [0, 0.1) is 17.0 Å². The topological polar surface area (TPSA) is 99.3 Å². The molecule has 2 rings (SSSR count). The van der Waals surface area contributed by atoms with E-state index in [1.54, 1.807) is 0 Å². The number of hydrogen-bond donors (Lipinski definition) is 1. The minimum atomic E-state index is -4.76. The number of carbonyl (C=O) groups is 1. The average Bonchev–Trinajstić information content (AvgIpc) is 2.93. The van der Waals surface area contributed by atoms with Crippen molar-refractivity contribution < 1.29 is 36.4 Å². The molecule has 0 radical (unpaired) electrons. The number of hydrogen-bond acceptors (Lipinski definition) is 5. The van der Waals surface area contributed by atoms with Gasteiger partial charge in [0.1, 0.15) is 12.4 Å². The van der Waals surface area contributed by atoms with Crippen LogP contribution in [0.25, 0.3) is 0 Å². The molecule has 14 heteroatoms. The number of halogens is 6. The SMILES string of the molecule is Cc1c(Cl)c(C(F)(F)F)nn1CCC(=O)Nc1cc(OCC(F)F)cc([N+](=O)[O-])c1. The Hall–Kier alpha value is -2.96. The second-order valence-corrected chi connectivity index (χ2v) is 6.32. The zero-order chi connectivity index (χ0) is 22.6. The third-order valence-corrected chi connectivity index (χ3v) is 4.17. The Morgan fingerprint density at radius 2 is 2.03 bits per heavy atom. The second kappa shape index (κ2) is 9.24. The van der Waals surface area contributed by atoms with Gasteiger partial charge >= 0.3 is 6.18 Å². The third-order valence-electron chi connectivity index (χ3n) is 3.71. The van der Waals surface area contributed by atoms with Crippen LogP contribution in [0.1, 0.15) is 17.8 Å². The normalized spacial score (nSPS) is 11.6. The fraction of sp³-hybridized carbons (Fsp3) is 0.375. The Bertz CT molecular complexity index is 948. The van der Waals surface area contributed by atoms with Crippen LogP contribution in [0.3, 0.4) is 0 Å². The van der Waals surface area contributed by atoms with Gasteiger partial charge in [0.05, 0.1) is 33.9 Å². The maximum atomic E-state index is 12.8. The number of anilines is 1. The fourth-order valence-electron chi connectivity index (χ4n) is 2.36. The summed E-state index contributed by atoms with van der Waals surface area (Å²) in [5, 5.41) is 16.0. The van der Waals surface area contributed by atoms with Crippen LogP contribution >= 0.6 is 11.6 Å². The third kappa shape index (κ3) is 6.02. The van der Waals surface area contributed by atoms with E-state index < -0.39 is 46.4 Å². The van der Waals surface area contributed by atoms with Crippen molar-refractivity contribution in [1.82, 2.24) is 9.78 Å². The summed E-state index contributed by atoms with van der Waals surface area (Å²) in [6, 6.07) is 2.99. The lowest BCUT2D eigenvalue weighted by molar-refractivity contribution is -0.384. The molecule has 0 fully saturated rings. The largest absolute Gasteiger partial charge is 0.487 e. The van der Waals surface area contributed by atoms with E-state index in [0.29, 0.717) is 0 Å². The van der Waals surface area contributed by atoms with Crippen LogP contribution in [0.4, 0.5) is 33.3 Å². The molecule has 0 aliphatic rings. The predicted molar refractivity (Wildman–Crippen MR) is 94.8 cm³/mol. The summed E-state index contributed by atoms with van der Waals surface area (Å²) >= 11 is 5.63. The highest BCUT2D eigenvalue weighted by Gasteiger charge is 2.38. The molecule has 1 aromatic heterocycles. The van der Waals surface area contributed by atoms with Gasteiger partial charge in [-0.1, -0.05) is 11.6 Å². The summed E-state index contributed by atoms with van der Waals surface area (Å²) in [5.41, 5.74) is -1.89. The van der Waals surface area contributed by atoms with E-state index in [-0.39, 0.29) is 30.1 Å². The summed E-state index contributed by atoms with van der Waals surface area (Å²) in [5.74, 6) is -0.973. The number of alkyl halides is 5. The van der Waals surface area contributed by atoms with Crippen LogP contribution in [0.2, 0.25) is 5.02 Å². The summed E-state index contributed by atoms with van der Waals surface area (Å²) in [7, 11) is 0. The van der Waals surface area contributed by atoms with Gasteiger partial charge in [0, 0.05) is 18.6 Å². The molecule has 8 nitrogen and oxygen atoms in total. The molecule has 0 saturated heterocycles. The molecule has 164 valence electrons. The molecule has 1 amide bonds. The molecule has 0 bridgehead atoms.